The first-order chi connectivity index (χ1) is 8.35. The van der Waals surface area contributed by atoms with E-state index in [0.717, 1.165) is 0 Å². The Kier molecular flexibility index (Phi) is 4.18. The van der Waals surface area contributed by atoms with Gasteiger partial charge >= 0.3 is 0 Å². The van der Waals surface area contributed by atoms with Crippen molar-refractivity contribution in [2.75, 3.05) is 13.2 Å². The van der Waals surface area contributed by atoms with Crippen LogP contribution in [0.1, 0.15) is 26.0 Å². The Bertz CT molecular complexity index is 437. The van der Waals surface area contributed by atoms with Crippen molar-refractivity contribution < 1.29 is 14.0 Å². The molecule has 0 aliphatic rings. The molecular formula is C10H13N3O3S. The molecule has 7 heteroatoms. The normalized spacial score (nSPS) is 11.2. The van der Waals surface area contributed by atoms with Gasteiger partial charge in [-0.3, -0.25) is 0 Å². The van der Waals surface area contributed by atoms with E-state index in [1.54, 1.807) is 5.51 Å². The summed E-state index contributed by atoms with van der Waals surface area (Å²) in [6.45, 7) is 4.78. The zero-order valence-corrected chi connectivity index (χ0v) is 10.4. The predicted molar refractivity (Wildman–Crippen MR) is 61.4 cm³/mol. The molecule has 6 nitrogen and oxygen atoms in total. The fourth-order valence-corrected chi connectivity index (χ4v) is 1.78. The number of thiazole rings is 1. The highest BCUT2D eigenvalue weighted by Gasteiger charge is 2.20. The molecule has 2 aromatic heterocycles. The molecule has 0 saturated heterocycles. The Hall–Kier alpha value is -1.31. The average Bonchev–Trinajstić information content (AvgIpc) is 2.99. The van der Waals surface area contributed by atoms with Crippen LogP contribution in [0.2, 0.25) is 0 Å². The van der Waals surface area contributed by atoms with Gasteiger partial charge in [0.25, 0.3) is 5.89 Å². The molecular weight excluding hydrogens is 242 g/mol. The van der Waals surface area contributed by atoms with Crippen LogP contribution >= 0.6 is 11.3 Å². The van der Waals surface area contributed by atoms with Crippen molar-refractivity contribution in [2.45, 2.75) is 20.1 Å². The molecule has 2 rings (SSSR count). The third-order valence-corrected chi connectivity index (χ3v) is 2.53. The number of hydrogen-bond acceptors (Lipinski definition) is 7. The van der Waals surface area contributed by atoms with Crippen LogP contribution in [0.5, 0.6) is 0 Å². The fraction of sp³-hybridized carbons (Fsp3) is 0.500. The van der Waals surface area contributed by atoms with Gasteiger partial charge in [0.05, 0.1) is 5.51 Å². The topological polar surface area (TPSA) is 70.3 Å². The molecule has 0 bridgehead atoms. The van der Waals surface area contributed by atoms with E-state index >= 15 is 0 Å². The number of aromatic nitrogens is 3. The number of rotatable bonds is 6. The maximum absolute atomic E-state index is 5.36. The van der Waals surface area contributed by atoms with E-state index in [-0.39, 0.29) is 0 Å². The monoisotopic (exact) mass is 255 g/mol. The van der Waals surface area contributed by atoms with Gasteiger partial charge in [0, 0.05) is 18.6 Å². The second-order valence-electron chi connectivity index (χ2n) is 3.07. The minimum atomic E-state index is -0.607. The van der Waals surface area contributed by atoms with Crippen molar-refractivity contribution in [3.63, 3.8) is 0 Å². The van der Waals surface area contributed by atoms with Crippen LogP contribution < -0.4 is 0 Å². The fourth-order valence-electron chi connectivity index (χ4n) is 1.25. The first kappa shape index (κ1) is 12.2. The summed E-state index contributed by atoms with van der Waals surface area (Å²) < 4.78 is 15.8. The van der Waals surface area contributed by atoms with Crippen molar-refractivity contribution in [3.05, 3.63) is 16.8 Å². The first-order valence-electron chi connectivity index (χ1n) is 5.30. The molecule has 0 aliphatic heterocycles. The Labute approximate surface area is 103 Å². The largest absolute Gasteiger partial charge is 0.345 e. The molecule has 0 fully saturated rings. The Morgan fingerprint density at radius 1 is 1.35 bits per heavy atom. The molecule has 0 N–H and O–H groups in total. The average molecular weight is 255 g/mol. The summed E-state index contributed by atoms with van der Waals surface area (Å²) in [5, 5.41) is 5.69. The van der Waals surface area contributed by atoms with Gasteiger partial charge in [0.1, 0.15) is 5.69 Å². The lowest BCUT2D eigenvalue weighted by atomic mass is 10.5. The van der Waals surface area contributed by atoms with Gasteiger partial charge in [-0.05, 0) is 13.8 Å². The van der Waals surface area contributed by atoms with Gasteiger partial charge in [0.15, 0.2) is 0 Å². The molecule has 0 aromatic carbocycles. The number of nitrogens with zero attached hydrogens (tertiary/aromatic N) is 3. The highest BCUT2D eigenvalue weighted by molar-refractivity contribution is 7.07. The Morgan fingerprint density at radius 2 is 2.12 bits per heavy atom. The molecule has 0 saturated carbocycles. The van der Waals surface area contributed by atoms with Crippen molar-refractivity contribution in [3.8, 4) is 11.5 Å². The molecule has 0 unspecified atom stereocenters. The van der Waals surface area contributed by atoms with Crippen LogP contribution in [0, 0.1) is 0 Å². The van der Waals surface area contributed by atoms with E-state index in [9.17, 15) is 0 Å². The lowest BCUT2D eigenvalue weighted by molar-refractivity contribution is -0.155. The summed E-state index contributed by atoms with van der Waals surface area (Å²) in [6.07, 6.45) is -0.607. The van der Waals surface area contributed by atoms with E-state index in [0.29, 0.717) is 30.6 Å². The van der Waals surface area contributed by atoms with Crippen LogP contribution in [0.4, 0.5) is 0 Å². The summed E-state index contributed by atoms with van der Waals surface area (Å²) in [6, 6.07) is 0. The zero-order valence-electron chi connectivity index (χ0n) is 9.62. The SMILES string of the molecule is CCOC(OCC)c1nc(-c2cscn2)no1. The van der Waals surface area contributed by atoms with E-state index in [1.165, 1.54) is 11.3 Å². The standard InChI is InChI=1S/C10H13N3O3S/c1-3-14-10(15-4-2)9-12-8(13-16-9)7-5-17-6-11-7/h5-6,10H,3-4H2,1-2H3. The second-order valence-corrected chi connectivity index (χ2v) is 3.79. The molecule has 0 atom stereocenters. The summed E-state index contributed by atoms with van der Waals surface area (Å²) in [5.74, 6) is 0.766. The lowest BCUT2D eigenvalue weighted by Crippen LogP contribution is -2.09. The first-order valence-corrected chi connectivity index (χ1v) is 6.24. The highest BCUT2D eigenvalue weighted by Crippen LogP contribution is 2.21. The van der Waals surface area contributed by atoms with Gasteiger partial charge in [-0.1, -0.05) is 5.16 Å². The van der Waals surface area contributed by atoms with Gasteiger partial charge in [-0.15, -0.1) is 11.3 Å². The van der Waals surface area contributed by atoms with Crippen molar-refractivity contribution in [1.82, 2.24) is 15.1 Å². The minimum Gasteiger partial charge on any atom is -0.345 e. The van der Waals surface area contributed by atoms with Gasteiger partial charge in [-0.2, -0.15) is 4.98 Å². The lowest BCUT2D eigenvalue weighted by Gasteiger charge is -2.11. The highest BCUT2D eigenvalue weighted by atomic mass is 32.1. The van der Waals surface area contributed by atoms with Crippen LogP contribution in [-0.2, 0) is 9.47 Å². The molecule has 0 radical (unpaired) electrons. The number of ether oxygens (including phenoxy) is 2. The van der Waals surface area contributed by atoms with E-state index in [4.69, 9.17) is 14.0 Å². The van der Waals surface area contributed by atoms with E-state index in [1.807, 2.05) is 19.2 Å². The van der Waals surface area contributed by atoms with Crippen molar-refractivity contribution in [1.29, 1.82) is 0 Å². The van der Waals surface area contributed by atoms with Gasteiger partial charge in [0.2, 0.25) is 12.1 Å². The molecule has 0 amide bonds. The van der Waals surface area contributed by atoms with Crippen LogP contribution in [0.15, 0.2) is 15.4 Å². The summed E-state index contributed by atoms with van der Waals surface area (Å²) >= 11 is 1.48. The van der Waals surface area contributed by atoms with Crippen molar-refractivity contribution in [2.24, 2.45) is 0 Å². The molecule has 2 heterocycles. The summed E-state index contributed by atoms with van der Waals surface area (Å²) in [5.41, 5.74) is 2.41. The maximum atomic E-state index is 5.36. The molecule has 17 heavy (non-hydrogen) atoms. The Balaban J connectivity index is 2.15. The third-order valence-electron chi connectivity index (χ3n) is 1.94. The molecule has 2 aromatic rings. The van der Waals surface area contributed by atoms with Gasteiger partial charge < -0.3 is 14.0 Å². The van der Waals surface area contributed by atoms with Crippen LogP contribution in [0.25, 0.3) is 11.5 Å². The Morgan fingerprint density at radius 3 is 2.71 bits per heavy atom. The third kappa shape index (κ3) is 2.87. The smallest absolute Gasteiger partial charge is 0.284 e. The van der Waals surface area contributed by atoms with Crippen LogP contribution in [0.3, 0.4) is 0 Å². The molecule has 0 spiro atoms. The quantitative estimate of drug-likeness (QED) is 0.737. The molecule has 0 aliphatic carbocycles. The van der Waals surface area contributed by atoms with Gasteiger partial charge in [-0.25, -0.2) is 4.98 Å². The second kappa shape index (κ2) is 5.85. The maximum Gasteiger partial charge on any atom is 0.284 e. The zero-order chi connectivity index (χ0) is 12.1. The molecule has 92 valence electrons. The summed E-state index contributed by atoms with van der Waals surface area (Å²) in [4.78, 5) is 8.31. The summed E-state index contributed by atoms with van der Waals surface area (Å²) in [7, 11) is 0. The van der Waals surface area contributed by atoms with E-state index < -0.39 is 6.29 Å². The number of hydrogen-bond donors (Lipinski definition) is 0. The van der Waals surface area contributed by atoms with Crippen LogP contribution in [-0.4, -0.2) is 28.3 Å². The van der Waals surface area contributed by atoms with E-state index in [2.05, 4.69) is 15.1 Å². The minimum absolute atomic E-state index is 0.316. The predicted octanol–water partition coefficient (Wildman–Crippen LogP) is 2.26. The van der Waals surface area contributed by atoms with Crippen molar-refractivity contribution >= 4 is 11.3 Å².